The van der Waals surface area contributed by atoms with Gasteiger partial charge in [-0.25, -0.2) is 0 Å². The van der Waals surface area contributed by atoms with E-state index in [0.717, 1.165) is 22.0 Å². The van der Waals surface area contributed by atoms with Crippen LogP contribution in [0.25, 0.3) is 0 Å². The number of hydrazone groups is 1. The van der Waals surface area contributed by atoms with Crippen molar-refractivity contribution in [1.29, 1.82) is 0 Å². The fourth-order valence-corrected chi connectivity index (χ4v) is 1.54. The first-order valence-electron chi connectivity index (χ1n) is 5.37. The summed E-state index contributed by atoms with van der Waals surface area (Å²) in [5, 5.41) is 5.05. The molecule has 0 spiro atoms. The Morgan fingerprint density at radius 1 is 1.00 bits per heavy atom. The molecule has 0 saturated heterocycles. The van der Waals surface area contributed by atoms with E-state index in [1.54, 1.807) is 0 Å². The van der Waals surface area contributed by atoms with E-state index in [0.29, 0.717) is 0 Å². The van der Waals surface area contributed by atoms with Crippen molar-refractivity contribution in [2.24, 2.45) is 5.10 Å². The van der Waals surface area contributed by atoms with Crippen molar-refractivity contribution in [2.75, 3.05) is 5.43 Å². The largest absolute Gasteiger partial charge is 0.278 e. The third-order valence-corrected chi connectivity index (χ3v) is 2.64. The molecule has 0 saturated carbocycles. The molecule has 1 N–H and O–H groups in total. The SMILES string of the molecule is C/C(=N\Nc1ccccc1)c1ccc(Cl)cc1. The van der Waals surface area contributed by atoms with Gasteiger partial charge in [-0.15, -0.1) is 0 Å². The first-order chi connectivity index (χ1) is 8.25. The molecule has 0 bridgehead atoms. The molecule has 2 rings (SSSR count). The van der Waals surface area contributed by atoms with Crippen molar-refractivity contribution in [3.63, 3.8) is 0 Å². The zero-order valence-corrected chi connectivity index (χ0v) is 10.3. The molecule has 0 radical (unpaired) electrons. The number of para-hydroxylation sites is 1. The van der Waals surface area contributed by atoms with Crippen LogP contribution in [0.15, 0.2) is 59.7 Å². The predicted octanol–water partition coefficient (Wildman–Crippen LogP) is 4.18. The molecule has 3 heteroatoms. The fourth-order valence-electron chi connectivity index (χ4n) is 1.42. The normalized spacial score (nSPS) is 11.3. The van der Waals surface area contributed by atoms with E-state index in [9.17, 15) is 0 Å². The summed E-state index contributed by atoms with van der Waals surface area (Å²) in [6, 6.07) is 17.5. The molecule has 0 fully saturated rings. The highest BCUT2D eigenvalue weighted by molar-refractivity contribution is 6.30. The minimum Gasteiger partial charge on any atom is -0.278 e. The lowest BCUT2D eigenvalue weighted by atomic mass is 10.1. The minimum absolute atomic E-state index is 0.734. The van der Waals surface area contributed by atoms with Gasteiger partial charge in [-0.2, -0.15) is 5.10 Å². The van der Waals surface area contributed by atoms with Gasteiger partial charge in [0.15, 0.2) is 0 Å². The average molecular weight is 245 g/mol. The summed E-state index contributed by atoms with van der Waals surface area (Å²) in [4.78, 5) is 0. The average Bonchev–Trinajstić information content (AvgIpc) is 2.38. The molecule has 0 unspecified atom stereocenters. The van der Waals surface area contributed by atoms with Crippen LogP contribution >= 0.6 is 11.6 Å². The molecule has 86 valence electrons. The molecule has 0 atom stereocenters. The maximum atomic E-state index is 5.83. The van der Waals surface area contributed by atoms with Crippen molar-refractivity contribution >= 4 is 23.0 Å². The number of nitrogens with zero attached hydrogens (tertiary/aromatic N) is 1. The Hall–Kier alpha value is -1.80. The second kappa shape index (κ2) is 5.51. The number of hydrogen-bond acceptors (Lipinski definition) is 2. The summed E-state index contributed by atoms with van der Waals surface area (Å²) < 4.78 is 0. The summed E-state index contributed by atoms with van der Waals surface area (Å²) in [6.45, 7) is 1.96. The van der Waals surface area contributed by atoms with Gasteiger partial charge < -0.3 is 0 Å². The minimum atomic E-state index is 0.734. The van der Waals surface area contributed by atoms with Crippen LogP contribution in [-0.2, 0) is 0 Å². The fraction of sp³-hybridized carbons (Fsp3) is 0.0714. The molecule has 0 heterocycles. The Bertz CT molecular complexity index is 504. The van der Waals surface area contributed by atoms with Gasteiger partial charge in [-0.05, 0) is 36.8 Å². The van der Waals surface area contributed by atoms with Gasteiger partial charge >= 0.3 is 0 Å². The van der Waals surface area contributed by atoms with Crippen LogP contribution in [0.4, 0.5) is 5.69 Å². The smallest absolute Gasteiger partial charge is 0.0648 e. The molecule has 0 aliphatic carbocycles. The van der Waals surface area contributed by atoms with E-state index in [4.69, 9.17) is 11.6 Å². The van der Waals surface area contributed by atoms with Gasteiger partial charge in [-0.1, -0.05) is 41.9 Å². The second-order valence-electron chi connectivity index (χ2n) is 3.68. The molecule has 0 amide bonds. The van der Waals surface area contributed by atoms with E-state index in [1.165, 1.54) is 0 Å². The van der Waals surface area contributed by atoms with Crippen LogP contribution in [-0.4, -0.2) is 5.71 Å². The van der Waals surface area contributed by atoms with Gasteiger partial charge in [0.2, 0.25) is 0 Å². The van der Waals surface area contributed by atoms with Crippen LogP contribution in [0.2, 0.25) is 5.02 Å². The molecular formula is C14H13ClN2. The van der Waals surface area contributed by atoms with Crippen LogP contribution < -0.4 is 5.43 Å². The molecule has 0 aliphatic heterocycles. The van der Waals surface area contributed by atoms with Crippen LogP contribution in [0.1, 0.15) is 12.5 Å². The quantitative estimate of drug-likeness (QED) is 0.636. The summed E-state index contributed by atoms with van der Waals surface area (Å²) in [6.07, 6.45) is 0. The Morgan fingerprint density at radius 2 is 1.65 bits per heavy atom. The Kier molecular flexibility index (Phi) is 3.78. The van der Waals surface area contributed by atoms with Gasteiger partial charge in [-0.3, -0.25) is 5.43 Å². The molecule has 17 heavy (non-hydrogen) atoms. The zero-order valence-electron chi connectivity index (χ0n) is 9.52. The Balaban J connectivity index is 2.10. The third kappa shape index (κ3) is 3.33. The topological polar surface area (TPSA) is 24.4 Å². The number of hydrogen-bond donors (Lipinski definition) is 1. The van der Waals surface area contributed by atoms with Gasteiger partial charge in [0, 0.05) is 5.02 Å². The number of halogens is 1. The molecule has 2 aromatic rings. The molecule has 0 aliphatic rings. The third-order valence-electron chi connectivity index (χ3n) is 2.39. The molecule has 0 aromatic heterocycles. The lowest BCUT2D eigenvalue weighted by molar-refractivity contribution is 1.32. The van der Waals surface area contributed by atoms with Gasteiger partial charge in [0.1, 0.15) is 0 Å². The number of rotatable bonds is 3. The molecular weight excluding hydrogens is 232 g/mol. The van der Waals surface area contributed by atoms with Crippen molar-refractivity contribution in [2.45, 2.75) is 6.92 Å². The second-order valence-corrected chi connectivity index (χ2v) is 4.12. The molecule has 2 nitrogen and oxygen atoms in total. The zero-order chi connectivity index (χ0) is 12.1. The maximum Gasteiger partial charge on any atom is 0.0648 e. The molecule has 2 aromatic carbocycles. The summed E-state index contributed by atoms with van der Waals surface area (Å²) in [7, 11) is 0. The summed E-state index contributed by atoms with van der Waals surface area (Å²) >= 11 is 5.83. The van der Waals surface area contributed by atoms with E-state index in [-0.39, 0.29) is 0 Å². The first-order valence-corrected chi connectivity index (χ1v) is 5.75. The Morgan fingerprint density at radius 3 is 2.29 bits per heavy atom. The summed E-state index contributed by atoms with van der Waals surface area (Å²) in [5.74, 6) is 0. The van der Waals surface area contributed by atoms with Gasteiger partial charge in [0.25, 0.3) is 0 Å². The van der Waals surface area contributed by atoms with E-state index in [1.807, 2.05) is 61.5 Å². The van der Waals surface area contributed by atoms with Crippen molar-refractivity contribution in [3.05, 3.63) is 65.2 Å². The lowest BCUT2D eigenvalue weighted by Gasteiger charge is -2.03. The van der Waals surface area contributed by atoms with E-state index >= 15 is 0 Å². The Labute approximate surface area is 106 Å². The lowest BCUT2D eigenvalue weighted by Crippen LogP contribution is -1.99. The van der Waals surface area contributed by atoms with Crippen molar-refractivity contribution in [1.82, 2.24) is 0 Å². The number of anilines is 1. The first kappa shape index (κ1) is 11.7. The predicted molar refractivity (Wildman–Crippen MR) is 73.7 cm³/mol. The van der Waals surface area contributed by atoms with Crippen LogP contribution in [0.5, 0.6) is 0 Å². The summed E-state index contributed by atoms with van der Waals surface area (Å²) in [5.41, 5.74) is 5.96. The monoisotopic (exact) mass is 244 g/mol. The van der Waals surface area contributed by atoms with Crippen molar-refractivity contribution in [3.8, 4) is 0 Å². The highest BCUT2D eigenvalue weighted by atomic mass is 35.5. The highest BCUT2D eigenvalue weighted by Gasteiger charge is 1.97. The van der Waals surface area contributed by atoms with Crippen LogP contribution in [0, 0.1) is 0 Å². The van der Waals surface area contributed by atoms with Gasteiger partial charge in [0.05, 0.1) is 11.4 Å². The van der Waals surface area contributed by atoms with Crippen LogP contribution in [0.3, 0.4) is 0 Å². The number of nitrogens with one attached hydrogen (secondary N) is 1. The standard InChI is InChI=1S/C14H13ClN2/c1-11(12-7-9-13(15)10-8-12)16-17-14-5-3-2-4-6-14/h2-10,17H,1H3/b16-11+. The number of benzene rings is 2. The van der Waals surface area contributed by atoms with Crippen molar-refractivity contribution < 1.29 is 0 Å². The highest BCUT2D eigenvalue weighted by Crippen LogP contribution is 2.11. The van der Waals surface area contributed by atoms with E-state index < -0.39 is 0 Å². The van der Waals surface area contributed by atoms with E-state index in [2.05, 4.69) is 10.5 Å². The maximum absolute atomic E-state index is 5.83.